The Hall–Kier alpha value is -3.19. The number of rotatable bonds is 2. The van der Waals surface area contributed by atoms with E-state index in [9.17, 15) is 9.90 Å². The van der Waals surface area contributed by atoms with Crippen molar-refractivity contribution in [2.45, 2.75) is 19.3 Å². The Labute approximate surface area is 119 Å². The lowest BCUT2D eigenvalue weighted by Gasteiger charge is -2.10. The fraction of sp³-hybridized carbons (Fsp3) is 0.214. The predicted octanol–water partition coefficient (Wildman–Crippen LogP) is 1.20. The topological polar surface area (TPSA) is 116 Å². The SMILES string of the molecule is N#Cc1ncn(-c2nc3c(cc2C(=O)O)CCC3)c1C#N. The van der Waals surface area contributed by atoms with Crippen molar-refractivity contribution in [1.29, 1.82) is 10.5 Å². The normalized spacial score (nSPS) is 12.5. The van der Waals surface area contributed by atoms with Crippen molar-refractivity contribution in [3.63, 3.8) is 0 Å². The van der Waals surface area contributed by atoms with Gasteiger partial charge in [0.2, 0.25) is 0 Å². The van der Waals surface area contributed by atoms with Crippen molar-refractivity contribution in [2.75, 3.05) is 0 Å². The second kappa shape index (κ2) is 4.73. The van der Waals surface area contributed by atoms with E-state index in [0.717, 1.165) is 30.5 Å². The van der Waals surface area contributed by atoms with Gasteiger partial charge in [-0.15, -0.1) is 0 Å². The number of hydrogen-bond donors (Lipinski definition) is 1. The Morgan fingerprint density at radius 3 is 2.81 bits per heavy atom. The minimum Gasteiger partial charge on any atom is -0.478 e. The van der Waals surface area contributed by atoms with Gasteiger partial charge in [0.15, 0.2) is 17.2 Å². The lowest BCUT2D eigenvalue weighted by Crippen LogP contribution is -2.11. The number of aromatic nitrogens is 3. The Morgan fingerprint density at radius 1 is 1.33 bits per heavy atom. The number of aryl methyl sites for hydroxylation is 2. The van der Waals surface area contributed by atoms with E-state index >= 15 is 0 Å². The molecule has 0 fully saturated rings. The number of fused-ring (bicyclic) bond motifs is 1. The summed E-state index contributed by atoms with van der Waals surface area (Å²) in [6, 6.07) is 5.28. The van der Waals surface area contributed by atoms with Gasteiger partial charge in [0.25, 0.3) is 0 Å². The van der Waals surface area contributed by atoms with Crippen molar-refractivity contribution in [3.8, 4) is 18.0 Å². The highest BCUT2D eigenvalue weighted by molar-refractivity contribution is 5.91. The van der Waals surface area contributed by atoms with Crippen LogP contribution in [-0.4, -0.2) is 25.6 Å². The lowest BCUT2D eigenvalue weighted by molar-refractivity contribution is 0.0696. The third kappa shape index (κ3) is 1.92. The van der Waals surface area contributed by atoms with Crippen molar-refractivity contribution in [2.24, 2.45) is 0 Å². The molecule has 21 heavy (non-hydrogen) atoms. The molecule has 2 aromatic heterocycles. The van der Waals surface area contributed by atoms with Crippen LogP contribution in [0.1, 0.15) is 39.4 Å². The van der Waals surface area contributed by atoms with E-state index in [-0.39, 0.29) is 22.8 Å². The van der Waals surface area contributed by atoms with Gasteiger partial charge in [-0.25, -0.2) is 14.8 Å². The summed E-state index contributed by atoms with van der Waals surface area (Å²) in [6.45, 7) is 0. The summed E-state index contributed by atoms with van der Waals surface area (Å²) in [7, 11) is 0. The summed E-state index contributed by atoms with van der Waals surface area (Å²) in [5.41, 5.74) is 1.72. The Balaban J connectivity index is 2.28. The number of nitriles is 2. The van der Waals surface area contributed by atoms with Gasteiger partial charge >= 0.3 is 5.97 Å². The molecule has 0 spiro atoms. The highest BCUT2D eigenvalue weighted by Gasteiger charge is 2.23. The fourth-order valence-electron chi connectivity index (χ4n) is 2.50. The highest BCUT2D eigenvalue weighted by atomic mass is 16.4. The molecule has 0 atom stereocenters. The molecule has 0 saturated heterocycles. The van der Waals surface area contributed by atoms with E-state index in [0.29, 0.717) is 0 Å². The first-order valence-corrected chi connectivity index (χ1v) is 6.29. The molecule has 0 bridgehead atoms. The molecular weight excluding hydrogens is 270 g/mol. The van der Waals surface area contributed by atoms with E-state index in [4.69, 9.17) is 10.5 Å². The molecule has 0 saturated carbocycles. The number of pyridine rings is 1. The summed E-state index contributed by atoms with van der Waals surface area (Å²) in [6.07, 6.45) is 3.78. The molecule has 1 aliphatic rings. The van der Waals surface area contributed by atoms with Gasteiger partial charge in [0, 0.05) is 5.69 Å². The van der Waals surface area contributed by atoms with E-state index < -0.39 is 5.97 Å². The van der Waals surface area contributed by atoms with Crippen molar-refractivity contribution < 1.29 is 9.90 Å². The molecule has 7 heteroatoms. The minimum absolute atomic E-state index is 0.00837. The second-order valence-corrected chi connectivity index (χ2v) is 4.66. The fourth-order valence-corrected chi connectivity index (χ4v) is 2.50. The summed E-state index contributed by atoms with van der Waals surface area (Å²) in [4.78, 5) is 19.7. The molecule has 2 heterocycles. The molecule has 0 amide bonds. The Bertz CT molecular complexity index is 838. The number of aromatic carboxylic acids is 1. The van der Waals surface area contributed by atoms with E-state index in [2.05, 4.69) is 9.97 Å². The smallest absolute Gasteiger partial charge is 0.339 e. The van der Waals surface area contributed by atoms with Gasteiger partial charge in [-0.05, 0) is 30.9 Å². The van der Waals surface area contributed by atoms with Crippen LogP contribution in [0.25, 0.3) is 5.82 Å². The van der Waals surface area contributed by atoms with Crippen LogP contribution in [0.2, 0.25) is 0 Å². The first-order valence-electron chi connectivity index (χ1n) is 6.29. The molecule has 2 aromatic rings. The van der Waals surface area contributed by atoms with Crippen LogP contribution in [-0.2, 0) is 12.8 Å². The van der Waals surface area contributed by atoms with Crippen LogP contribution in [0.15, 0.2) is 12.4 Å². The van der Waals surface area contributed by atoms with Gasteiger partial charge in [0.05, 0.1) is 0 Å². The number of carboxylic acid groups (broad SMARTS) is 1. The zero-order valence-corrected chi connectivity index (χ0v) is 10.9. The number of imidazole rings is 1. The van der Waals surface area contributed by atoms with Crippen LogP contribution in [0.3, 0.4) is 0 Å². The molecule has 3 rings (SSSR count). The second-order valence-electron chi connectivity index (χ2n) is 4.66. The van der Waals surface area contributed by atoms with Gasteiger partial charge < -0.3 is 5.11 Å². The molecule has 0 radical (unpaired) electrons. The van der Waals surface area contributed by atoms with Crippen LogP contribution >= 0.6 is 0 Å². The Kier molecular flexibility index (Phi) is 2.89. The van der Waals surface area contributed by atoms with Crippen LogP contribution < -0.4 is 0 Å². The van der Waals surface area contributed by atoms with Gasteiger partial charge in [-0.3, -0.25) is 4.57 Å². The molecule has 0 aromatic carbocycles. The molecule has 1 aliphatic carbocycles. The first-order chi connectivity index (χ1) is 10.2. The maximum atomic E-state index is 11.4. The molecule has 7 nitrogen and oxygen atoms in total. The summed E-state index contributed by atoms with van der Waals surface area (Å²) in [5, 5.41) is 27.5. The third-order valence-corrected chi connectivity index (χ3v) is 3.47. The number of carboxylic acids is 1. The first kappa shape index (κ1) is 12.8. The van der Waals surface area contributed by atoms with Crippen molar-refractivity contribution >= 4 is 5.97 Å². The van der Waals surface area contributed by atoms with E-state index in [1.165, 1.54) is 10.9 Å². The molecule has 1 N–H and O–H groups in total. The maximum Gasteiger partial charge on any atom is 0.339 e. The summed E-state index contributed by atoms with van der Waals surface area (Å²) in [5.74, 6) is -0.989. The Morgan fingerprint density at radius 2 is 2.14 bits per heavy atom. The maximum absolute atomic E-state index is 11.4. The van der Waals surface area contributed by atoms with Gasteiger partial charge in [-0.1, -0.05) is 0 Å². The van der Waals surface area contributed by atoms with Crippen molar-refractivity contribution in [1.82, 2.24) is 14.5 Å². The summed E-state index contributed by atoms with van der Waals surface area (Å²) < 4.78 is 1.26. The molecule has 0 aliphatic heterocycles. The zero-order valence-electron chi connectivity index (χ0n) is 10.9. The standard InChI is InChI=1S/C14H9N5O2/c15-5-11-12(6-16)19(7-17-11)13-9(14(20)21)4-8-2-1-3-10(8)18-13/h4,7H,1-3H2,(H,20,21). The monoisotopic (exact) mass is 279 g/mol. The van der Waals surface area contributed by atoms with Gasteiger partial charge in [-0.2, -0.15) is 10.5 Å². The van der Waals surface area contributed by atoms with Crippen LogP contribution in [0.5, 0.6) is 0 Å². The number of hydrogen-bond acceptors (Lipinski definition) is 5. The van der Waals surface area contributed by atoms with E-state index in [1.54, 1.807) is 6.07 Å². The van der Waals surface area contributed by atoms with Crippen LogP contribution in [0.4, 0.5) is 0 Å². The van der Waals surface area contributed by atoms with Crippen molar-refractivity contribution in [3.05, 3.63) is 40.6 Å². The highest BCUT2D eigenvalue weighted by Crippen LogP contribution is 2.25. The van der Waals surface area contributed by atoms with Crippen LogP contribution in [0, 0.1) is 22.7 Å². The average molecular weight is 279 g/mol. The molecule has 102 valence electrons. The predicted molar refractivity (Wildman–Crippen MR) is 69.8 cm³/mol. The average Bonchev–Trinajstić information content (AvgIpc) is 3.10. The number of carbonyl (C=O) groups is 1. The van der Waals surface area contributed by atoms with Gasteiger partial charge in [0.1, 0.15) is 24.0 Å². The zero-order chi connectivity index (χ0) is 15.0. The third-order valence-electron chi connectivity index (χ3n) is 3.47. The quantitative estimate of drug-likeness (QED) is 0.882. The summed E-state index contributed by atoms with van der Waals surface area (Å²) >= 11 is 0. The largest absolute Gasteiger partial charge is 0.478 e. The molecule has 0 unspecified atom stereocenters. The molecular formula is C14H9N5O2. The van der Waals surface area contributed by atoms with E-state index in [1.807, 2.05) is 12.1 Å². The lowest BCUT2D eigenvalue weighted by atomic mass is 10.1. The number of nitrogens with zero attached hydrogens (tertiary/aromatic N) is 5. The minimum atomic E-state index is -1.12.